The van der Waals surface area contributed by atoms with E-state index in [0.29, 0.717) is 11.8 Å². The van der Waals surface area contributed by atoms with Gasteiger partial charge in [0.05, 0.1) is 36.8 Å². The molecule has 0 aliphatic carbocycles. The molecule has 1 aliphatic rings. The first-order valence-corrected chi connectivity index (χ1v) is 11.0. The molecular formula is C18H16Cl2N4O4S2. The molecule has 0 saturated heterocycles. The van der Waals surface area contributed by atoms with Crippen LogP contribution >= 0.6 is 45.9 Å². The first-order chi connectivity index (χ1) is 14.2. The van der Waals surface area contributed by atoms with Crippen LogP contribution in [-0.4, -0.2) is 34.3 Å². The smallest absolute Gasteiger partial charge is 0.278 e. The van der Waals surface area contributed by atoms with E-state index in [-0.39, 0.29) is 27.9 Å². The number of aromatic nitrogens is 2. The zero-order chi connectivity index (χ0) is 22.0. The summed E-state index contributed by atoms with van der Waals surface area (Å²) in [5.74, 6) is 0.137. The molecule has 1 atom stereocenters. The van der Waals surface area contributed by atoms with Gasteiger partial charge in [0.1, 0.15) is 5.02 Å². The summed E-state index contributed by atoms with van der Waals surface area (Å²) in [4.78, 5) is 30.8. The van der Waals surface area contributed by atoms with E-state index in [4.69, 9.17) is 27.9 Å². The Morgan fingerprint density at radius 3 is 2.63 bits per heavy atom. The molecule has 30 heavy (non-hydrogen) atoms. The Balaban J connectivity index is 0.000000172. The molecule has 1 aromatic carbocycles. The van der Waals surface area contributed by atoms with Crippen molar-refractivity contribution in [2.45, 2.75) is 26.4 Å². The Morgan fingerprint density at radius 1 is 1.37 bits per heavy atom. The SMILES string of the molecule is CNc1nc(-c2sc(C)nc2C)cs1.O=CC1Cc2c([N+](=O)[O-])cc(Cl)c(Cl)c2O1. The number of benzene rings is 1. The largest absolute Gasteiger partial charge is 0.480 e. The highest BCUT2D eigenvalue weighted by atomic mass is 35.5. The lowest BCUT2D eigenvalue weighted by Gasteiger charge is -2.05. The molecule has 8 nitrogen and oxygen atoms in total. The summed E-state index contributed by atoms with van der Waals surface area (Å²) < 4.78 is 5.17. The molecule has 2 aromatic heterocycles. The zero-order valence-corrected chi connectivity index (χ0v) is 19.2. The number of nitro groups is 1. The molecule has 1 unspecified atom stereocenters. The van der Waals surface area contributed by atoms with Crippen LogP contribution in [0.15, 0.2) is 11.4 Å². The first kappa shape index (κ1) is 22.4. The van der Waals surface area contributed by atoms with Crippen molar-refractivity contribution in [1.29, 1.82) is 0 Å². The van der Waals surface area contributed by atoms with Crippen molar-refractivity contribution >= 4 is 63.0 Å². The number of anilines is 1. The van der Waals surface area contributed by atoms with Crippen LogP contribution in [0.3, 0.4) is 0 Å². The third kappa shape index (κ3) is 4.56. The van der Waals surface area contributed by atoms with Crippen molar-refractivity contribution < 1.29 is 14.5 Å². The van der Waals surface area contributed by atoms with Gasteiger partial charge in [0.2, 0.25) is 0 Å². The molecule has 0 bridgehead atoms. The van der Waals surface area contributed by atoms with Gasteiger partial charge in [-0.1, -0.05) is 23.2 Å². The van der Waals surface area contributed by atoms with Gasteiger partial charge in [0.25, 0.3) is 5.69 Å². The average Bonchev–Trinajstić information content (AvgIpc) is 3.42. The van der Waals surface area contributed by atoms with E-state index in [9.17, 15) is 14.9 Å². The Kier molecular flexibility index (Phi) is 6.91. The highest BCUT2D eigenvalue weighted by molar-refractivity contribution is 7.16. The molecule has 158 valence electrons. The highest BCUT2D eigenvalue weighted by Gasteiger charge is 2.33. The van der Waals surface area contributed by atoms with Crippen molar-refractivity contribution in [3.8, 4) is 16.3 Å². The van der Waals surface area contributed by atoms with Crippen LogP contribution in [0.5, 0.6) is 5.75 Å². The summed E-state index contributed by atoms with van der Waals surface area (Å²) in [6.45, 7) is 4.05. The van der Waals surface area contributed by atoms with E-state index in [0.717, 1.165) is 21.5 Å². The van der Waals surface area contributed by atoms with E-state index in [2.05, 4.69) is 20.7 Å². The number of fused-ring (bicyclic) bond motifs is 1. The number of aryl methyl sites for hydroxylation is 2. The van der Waals surface area contributed by atoms with Crippen LogP contribution in [0.4, 0.5) is 10.8 Å². The van der Waals surface area contributed by atoms with Gasteiger partial charge in [-0.15, -0.1) is 22.7 Å². The summed E-state index contributed by atoms with van der Waals surface area (Å²) in [5.41, 5.74) is 2.24. The summed E-state index contributed by atoms with van der Waals surface area (Å²) >= 11 is 14.9. The summed E-state index contributed by atoms with van der Waals surface area (Å²) in [6, 6.07) is 1.17. The van der Waals surface area contributed by atoms with Gasteiger partial charge in [-0.3, -0.25) is 14.9 Å². The van der Waals surface area contributed by atoms with E-state index in [1.807, 2.05) is 20.9 Å². The predicted molar refractivity (Wildman–Crippen MR) is 120 cm³/mol. The minimum atomic E-state index is -0.732. The number of hydrogen-bond acceptors (Lipinski definition) is 9. The van der Waals surface area contributed by atoms with E-state index in [1.165, 1.54) is 10.9 Å². The second-order valence-corrected chi connectivity index (χ2v) is 9.03. The summed E-state index contributed by atoms with van der Waals surface area (Å²) in [6.07, 6.45) is -0.00957. The lowest BCUT2D eigenvalue weighted by Crippen LogP contribution is -2.13. The minimum absolute atomic E-state index is 0.0404. The summed E-state index contributed by atoms with van der Waals surface area (Å²) in [5, 5.41) is 18.1. The van der Waals surface area contributed by atoms with E-state index in [1.54, 1.807) is 22.7 Å². The molecule has 12 heteroatoms. The van der Waals surface area contributed by atoms with Gasteiger partial charge >= 0.3 is 0 Å². The number of nitrogens with zero attached hydrogens (tertiary/aromatic N) is 3. The number of aldehydes is 1. The minimum Gasteiger partial charge on any atom is -0.480 e. The van der Waals surface area contributed by atoms with Gasteiger partial charge in [-0.05, 0) is 13.8 Å². The predicted octanol–water partition coefficient (Wildman–Crippen LogP) is 5.33. The first-order valence-electron chi connectivity index (χ1n) is 8.60. The van der Waals surface area contributed by atoms with Crippen LogP contribution in [0.1, 0.15) is 16.3 Å². The molecular weight excluding hydrogens is 471 g/mol. The standard InChI is InChI=1S/C9H5Cl2NO4.C9H11N3S2/c10-6-2-7(12(14)15)5-1-4(3-13)16-9(5)8(6)11;1-5-8(14-6(2)11-5)7-4-13-9(10-3)12-7/h2-4H,1H2;4H,1-3H3,(H,10,12). The Morgan fingerprint density at radius 2 is 2.10 bits per heavy atom. The Hall–Kier alpha value is -2.27. The third-order valence-electron chi connectivity index (χ3n) is 4.13. The van der Waals surface area contributed by atoms with Crippen molar-refractivity contribution in [2.24, 2.45) is 0 Å². The highest BCUT2D eigenvalue weighted by Crippen LogP contribution is 2.45. The average molecular weight is 487 g/mol. The summed E-state index contributed by atoms with van der Waals surface area (Å²) in [7, 11) is 1.88. The fraction of sp³-hybridized carbons (Fsp3) is 0.278. The van der Waals surface area contributed by atoms with Crippen LogP contribution < -0.4 is 10.1 Å². The Bertz CT molecular complexity index is 1120. The van der Waals surface area contributed by atoms with Gasteiger partial charge in [0, 0.05) is 24.9 Å². The molecule has 0 spiro atoms. The van der Waals surface area contributed by atoms with Crippen LogP contribution in [0.2, 0.25) is 10.0 Å². The maximum absolute atomic E-state index is 10.8. The number of carbonyl (C=O) groups excluding carboxylic acids is 1. The van der Waals surface area contributed by atoms with Crippen LogP contribution in [0.25, 0.3) is 10.6 Å². The Labute approximate surface area is 190 Å². The normalized spacial score (nSPS) is 14.4. The second-order valence-electron chi connectivity index (χ2n) is 6.19. The fourth-order valence-electron chi connectivity index (χ4n) is 2.84. The molecule has 0 radical (unpaired) electrons. The van der Waals surface area contributed by atoms with Gasteiger partial charge in [-0.2, -0.15) is 0 Å². The number of rotatable bonds is 4. The number of halogens is 2. The van der Waals surface area contributed by atoms with Crippen LogP contribution in [-0.2, 0) is 11.2 Å². The van der Waals surface area contributed by atoms with Gasteiger partial charge in [0.15, 0.2) is 23.3 Å². The topological polar surface area (TPSA) is 107 Å². The maximum Gasteiger partial charge on any atom is 0.278 e. The van der Waals surface area contributed by atoms with Gasteiger partial charge < -0.3 is 10.1 Å². The third-order valence-corrected chi connectivity index (χ3v) is 6.86. The van der Waals surface area contributed by atoms with Gasteiger partial charge in [-0.25, -0.2) is 9.97 Å². The van der Waals surface area contributed by atoms with E-state index >= 15 is 0 Å². The molecule has 0 amide bonds. The molecule has 4 rings (SSSR count). The molecule has 1 N–H and O–H groups in total. The van der Waals surface area contributed by atoms with E-state index < -0.39 is 11.0 Å². The van der Waals surface area contributed by atoms with Crippen molar-refractivity contribution in [2.75, 3.05) is 12.4 Å². The number of hydrogen-bond donors (Lipinski definition) is 1. The number of nitrogens with one attached hydrogen (secondary N) is 1. The number of carbonyl (C=O) groups is 1. The monoisotopic (exact) mass is 486 g/mol. The zero-order valence-electron chi connectivity index (χ0n) is 16.1. The molecule has 0 fully saturated rings. The molecule has 3 aromatic rings. The van der Waals surface area contributed by atoms with Crippen LogP contribution in [0, 0.1) is 24.0 Å². The molecule has 0 saturated carbocycles. The number of thiazole rings is 2. The van der Waals surface area contributed by atoms with Crippen molar-refractivity contribution in [3.05, 3.63) is 47.9 Å². The fourth-order valence-corrected chi connectivity index (χ4v) is 4.86. The number of nitro benzene ring substituents is 1. The second kappa shape index (κ2) is 9.25. The molecule has 1 aliphatic heterocycles. The lowest BCUT2D eigenvalue weighted by molar-refractivity contribution is -0.385. The maximum atomic E-state index is 10.8. The quantitative estimate of drug-likeness (QED) is 0.301. The lowest BCUT2D eigenvalue weighted by atomic mass is 10.1. The van der Waals surface area contributed by atoms with Crippen molar-refractivity contribution in [1.82, 2.24) is 9.97 Å². The number of ether oxygens (including phenoxy) is 1. The molecule has 3 heterocycles. The van der Waals surface area contributed by atoms with Crippen molar-refractivity contribution in [3.63, 3.8) is 0 Å².